The number of aromatic nitrogens is 1. The molecule has 0 fully saturated rings. The lowest BCUT2D eigenvalue weighted by Crippen LogP contribution is -2.42. The molecule has 2 aromatic carbocycles. The highest BCUT2D eigenvalue weighted by Crippen LogP contribution is 2.33. The van der Waals surface area contributed by atoms with E-state index in [4.69, 9.17) is 0 Å². The zero-order valence-corrected chi connectivity index (χ0v) is 13.1. The average molecular weight is 315 g/mol. The Bertz CT molecular complexity index is 849. The molecule has 0 aliphatic carbocycles. The van der Waals surface area contributed by atoms with Crippen molar-refractivity contribution in [3.05, 3.63) is 95.8 Å². The van der Waals surface area contributed by atoms with Gasteiger partial charge in [-0.15, -0.1) is 0 Å². The van der Waals surface area contributed by atoms with Crippen LogP contribution in [0.2, 0.25) is 0 Å². The Kier molecular flexibility index (Phi) is 3.71. The van der Waals surface area contributed by atoms with Crippen molar-refractivity contribution >= 4 is 11.6 Å². The second kappa shape index (κ2) is 6.16. The zero-order chi connectivity index (χ0) is 16.4. The van der Waals surface area contributed by atoms with Crippen LogP contribution in [0.25, 0.3) is 0 Å². The monoisotopic (exact) mass is 315 g/mol. The van der Waals surface area contributed by atoms with Crippen molar-refractivity contribution in [2.75, 3.05) is 5.32 Å². The number of pyridine rings is 1. The number of rotatable bonds is 3. The smallest absolute Gasteiger partial charge is 0.258 e. The number of anilines is 1. The van der Waals surface area contributed by atoms with Gasteiger partial charge in [0.1, 0.15) is 6.17 Å². The van der Waals surface area contributed by atoms with Crippen LogP contribution in [0, 0.1) is 0 Å². The standard InChI is InChI=1S/C20H17N3O/c24-20-17-10-4-5-11-18(17)22-19(16-9-6-12-21-13-16)23(20)14-15-7-2-1-3-8-15/h1-13,19,22H,14H2/t19-/m0/s1. The number of carbonyl (C=O) groups excluding carboxylic acids is 1. The first-order chi connectivity index (χ1) is 11.8. The molecule has 1 aromatic heterocycles. The van der Waals surface area contributed by atoms with Crippen molar-refractivity contribution in [3.63, 3.8) is 0 Å². The summed E-state index contributed by atoms with van der Waals surface area (Å²) in [5.41, 5.74) is 3.63. The summed E-state index contributed by atoms with van der Waals surface area (Å²) in [6.07, 6.45) is 3.31. The number of hydrogen-bond donors (Lipinski definition) is 1. The van der Waals surface area contributed by atoms with E-state index >= 15 is 0 Å². The molecule has 1 atom stereocenters. The molecule has 1 aliphatic rings. The molecule has 0 radical (unpaired) electrons. The molecule has 1 aliphatic heterocycles. The Labute approximate surface area is 140 Å². The fourth-order valence-electron chi connectivity index (χ4n) is 3.04. The molecule has 3 aromatic rings. The van der Waals surface area contributed by atoms with Crippen molar-refractivity contribution in [3.8, 4) is 0 Å². The van der Waals surface area contributed by atoms with Gasteiger partial charge in [-0.3, -0.25) is 9.78 Å². The lowest BCUT2D eigenvalue weighted by molar-refractivity contribution is 0.0666. The van der Waals surface area contributed by atoms with Gasteiger partial charge in [0.15, 0.2) is 0 Å². The summed E-state index contributed by atoms with van der Waals surface area (Å²) in [5.74, 6) is 0.0297. The predicted molar refractivity (Wildman–Crippen MR) is 93.4 cm³/mol. The number of hydrogen-bond acceptors (Lipinski definition) is 3. The maximum absolute atomic E-state index is 13.1. The first-order valence-corrected chi connectivity index (χ1v) is 7.93. The average Bonchev–Trinajstić information content (AvgIpc) is 2.65. The fourth-order valence-corrected chi connectivity index (χ4v) is 3.04. The maximum Gasteiger partial charge on any atom is 0.258 e. The number of amides is 1. The van der Waals surface area contributed by atoms with E-state index in [2.05, 4.69) is 10.3 Å². The molecule has 118 valence electrons. The van der Waals surface area contributed by atoms with Gasteiger partial charge in [0, 0.05) is 30.2 Å². The summed E-state index contributed by atoms with van der Waals surface area (Å²) >= 11 is 0. The number of para-hydroxylation sites is 1. The molecule has 0 saturated heterocycles. The second-order valence-electron chi connectivity index (χ2n) is 5.80. The van der Waals surface area contributed by atoms with Gasteiger partial charge in [-0.05, 0) is 23.8 Å². The molecule has 0 saturated carbocycles. The lowest BCUT2D eigenvalue weighted by atomic mass is 10.0. The minimum absolute atomic E-state index is 0.0297. The van der Waals surface area contributed by atoms with Crippen LogP contribution >= 0.6 is 0 Å². The molecule has 4 heteroatoms. The van der Waals surface area contributed by atoms with Crippen LogP contribution in [-0.2, 0) is 6.54 Å². The molecule has 1 amide bonds. The molecular weight excluding hydrogens is 298 g/mol. The molecule has 0 unspecified atom stereocenters. The summed E-state index contributed by atoms with van der Waals surface area (Å²) in [7, 11) is 0. The number of carbonyl (C=O) groups is 1. The summed E-state index contributed by atoms with van der Waals surface area (Å²) in [6, 6.07) is 21.5. The Morgan fingerprint density at radius 1 is 0.958 bits per heavy atom. The van der Waals surface area contributed by atoms with Crippen LogP contribution in [0.15, 0.2) is 79.1 Å². The van der Waals surface area contributed by atoms with E-state index in [9.17, 15) is 4.79 Å². The highest BCUT2D eigenvalue weighted by atomic mass is 16.2. The van der Waals surface area contributed by atoms with E-state index in [1.165, 1.54) is 0 Å². The van der Waals surface area contributed by atoms with Gasteiger partial charge in [-0.1, -0.05) is 48.5 Å². The van der Waals surface area contributed by atoms with E-state index in [1.54, 1.807) is 12.4 Å². The molecule has 4 nitrogen and oxygen atoms in total. The highest BCUT2D eigenvalue weighted by Gasteiger charge is 2.32. The predicted octanol–water partition coefficient (Wildman–Crippen LogP) is 3.85. The Morgan fingerprint density at radius 2 is 1.75 bits per heavy atom. The number of nitrogens with one attached hydrogen (secondary N) is 1. The van der Waals surface area contributed by atoms with E-state index in [1.807, 2.05) is 71.6 Å². The van der Waals surface area contributed by atoms with E-state index in [-0.39, 0.29) is 12.1 Å². The van der Waals surface area contributed by atoms with Gasteiger partial charge in [-0.2, -0.15) is 0 Å². The number of benzene rings is 2. The molecule has 4 rings (SSSR count). The van der Waals surface area contributed by atoms with Crippen LogP contribution in [-0.4, -0.2) is 15.8 Å². The van der Waals surface area contributed by atoms with Gasteiger partial charge >= 0.3 is 0 Å². The SMILES string of the molecule is O=C1c2ccccc2N[C@H](c2cccnc2)N1Cc1ccccc1. The van der Waals surface area contributed by atoms with Crippen molar-refractivity contribution in [2.45, 2.75) is 12.7 Å². The third-order valence-corrected chi connectivity index (χ3v) is 4.22. The first kappa shape index (κ1) is 14.5. The van der Waals surface area contributed by atoms with Gasteiger partial charge in [-0.25, -0.2) is 0 Å². The fraction of sp³-hybridized carbons (Fsp3) is 0.100. The third kappa shape index (κ3) is 2.63. The minimum Gasteiger partial charge on any atom is -0.361 e. The summed E-state index contributed by atoms with van der Waals surface area (Å²) in [4.78, 5) is 19.1. The van der Waals surface area contributed by atoms with Crippen molar-refractivity contribution < 1.29 is 4.79 Å². The van der Waals surface area contributed by atoms with Crippen LogP contribution < -0.4 is 5.32 Å². The van der Waals surface area contributed by atoms with Crippen LogP contribution in [0.3, 0.4) is 0 Å². The molecule has 0 spiro atoms. The van der Waals surface area contributed by atoms with Crippen LogP contribution in [0.1, 0.15) is 27.7 Å². The summed E-state index contributed by atoms with van der Waals surface area (Å²) in [5, 5.41) is 3.48. The van der Waals surface area contributed by atoms with Crippen LogP contribution in [0.5, 0.6) is 0 Å². The Morgan fingerprint density at radius 3 is 2.54 bits per heavy atom. The molecule has 1 N–H and O–H groups in total. The molecular formula is C20H17N3O. The van der Waals surface area contributed by atoms with Crippen molar-refractivity contribution in [2.24, 2.45) is 0 Å². The van der Waals surface area contributed by atoms with Gasteiger partial charge in [0.25, 0.3) is 5.91 Å². The molecule has 0 bridgehead atoms. The first-order valence-electron chi connectivity index (χ1n) is 7.93. The topological polar surface area (TPSA) is 45.2 Å². The zero-order valence-electron chi connectivity index (χ0n) is 13.1. The number of fused-ring (bicyclic) bond motifs is 1. The summed E-state index contributed by atoms with van der Waals surface area (Å²) < 4.78 is 0. The number of nitrogens with zero attached hydrogens (tertiary/aromatic N) is 2. The summed E-state index contributed by atoms with van der Waals surface area (Å²) in [6.45, 7) is 0.542. The van der Waals surface area contributed by atoms with Crippen LogP contribution in [0.4, 0.5) is 5.69 Å². The highest BCUT2D eigenvalue weighted by molar-refractivity contribution is 6.01. The van der Waals surface area contributed by atoms with Crippen molar-refractivity contribution in [1.29, 1.82) is 0 Å². The van der Waals surface area contributed by atoms with Gasteiger partial charge < -0.3 is 10.2 Å². The van der Waals surface area contributed by atoms with E-state index in [0.717, 1.165) is 16.8 Å². The second-order valence-corrected chi connectivity index (χ2v) is 5.80. The van der Waals surface area contributed by atoms with E-state index in [0.29, 0.717) is 12.1 Å². The maximum atomic E-state index is 13.1. The third-order valence-electron chi connectivity index (χ3n) is 4.22. The normalized spacial score (nSPS) is 16.4. The van der Waals surface area contributed by atoms with Gasteiger partial charge in [0.05, 0.1) is 5.56 Å². The molecule has 2 heterocycles. The Balaban J connectivity index is 1.76. The van der Waals surface area contributed by atoms with E-state index < -0.39 is 0 Å². The molecule has 24 heavy (non-hydrogen) atoms. The quantitative estimate of drug-likeness (QED) is 0.798. The van der Waals surface area contributed by atoms with Crippen molar-refractivity contribution in [1.82, 2.24) is 9.88 Å². The Hall–Kier alpha value is -3.14. The van der Waals surface area contributed by atoms with Gasteiger partial charge in [0.2, 0.25) is 0 Å². The largest absolute Gasteiger partial charge is 0.361 e. The lowest BCUT2D eigenvalue weighted by Gasteiger charge is -2.38. The minimum atomic E-state index is -0.235.